The highest BCUT2D eigenvalue weighted by Crippen LogP contribution is 2.47. The highest BCUT2D eigenvalue weighted by molar-refractivity contribution is 6.01. The molecule has 5 heteroatoms. The number of phenolic OH excluding ortho intramolecular Hbond substituents is 1. The van der Waals surface area contributed by atoms with Gasteiger partial charge in [-0.2, -0.15) is 0 Å². The summed E-state index contributed by atoms with van der Waals surface area (Å²) in [5, 5.41) is 10.6. The Labute approximate surface area is 172 Å². The number of fused-ring (bicyclic) bond motifs is 3. The third kappa shape index (κ3) is 2.95. The van der Waals surface area contributed by atoms with Crippen molar-refractivity contribution < 1.29 is 19.1 Å². The molecule has 0 amide bonds. The summed E-state index contributed by atoms with van der Waals surface area (Å²) in [7, 11) is 0. The van der Waals surface area contributed by atoms with Gasteiger partial charge in [-0.1, -0.05) is 42.5 Å². The lowest BCUT2D eigenvalue weighted by Gasteiger charge is -2.28. The summed E-state index contributed by atoms with van der Waals surface area (Å²) in [6, 6.07) is 19.6. The van der Waals surface area contributed by atoms with Crippen molar-refractivity contribution in [3.63, 3.8) is 0 Å². The summed E-state index contributed by atoms with van der Waals surface area (Å²) in [5.74, 6) is -0.0825. The van der Waals surface area contributed by atoms with Crippen LogP contribution < -0.4 is 10.4 Å². The zero-order valence-corrected chi connectivity index (χ0v) is 16.2. The third-order valence-corrected chi connectivity index (χ3v) is 5.53. The van der Waals surface area contributed by atoms with E-state index in [-0.39, 0.29) is 24.1 Å². The number of phenols is 1. The first kappa shape index (κ1) is 18.2. The molecule has 3 aromatic carbocycles. The largest absolute Gasteiger partial charge is 0.508 e. The second-order valence-corrected chi connectivity index (χ2v) is 7.48. The van der Waals surface area contributed by atoms with Crippen molar-refractivity contribution in [2.24, 2.45) is 0 Å². The number of rotatable bonds is 2. The fourth-order valence-corrected chi connectivity index (χ4v) is 4.27. The zero-order valence-electron chi connectivity index (χ0n) is 16.2. The quantitative estimate of drug-likeness (QED) is 0.295. The predicted octanol–water partition coefficient (Wildman–Crippen LogP) is 4.92. The molecule has 0 unspecified atom stereocenters. The van der Waals surface area contributed by atoms with E-state index in [9.17, 15) is 14.7 Å². The van der Waals surface area contributed by atoms with E-state index in [1.807, 2.05) is 49.4 Å². The van der Waals surface area contributed by atoms with E-state index in [2.05, 4.69) is 0 Å². The fourth-order valence-electron chi connectivity index (χ4n) is 4.27. The van der Waals surface area contributed by atoms with Gasteiger partial charge in [0.2, 0.25) is 0 Å². The molecule has 0 saturated carbocycles. The maximum absolute atomic E-state index is 12.6. The van der Waals surface area contributed by atoms with Crippen LogP contribution in [-0.4, -0.2) is 11.1 Å². The molecule has 0 spiro atoms. The standard InChI is InChI=1S/C25H18O5/c1-14-10-20-24(18(12-21(27)29-20)15-6-3-2-4-7-15)25-23(14)19(13-22(28)30-25)16-8-5-9-17(26)11-16/h2-12,19,26H,13H2,1H3/t19-/m0/s1. The van der Waals surface area contributed by atoms with Crippen LogP contribution in [0.1, 0.15) is 29.0 Å². The topological polar surface area (TPSA) is 76.7 Å². The van der Waals surface area contributed by atoms with Crippen LogP contribution in [0.5, 0.6) is 11.5 Å². The number of hydrogen-bond donors (Lipinski definition) is 1. The van der Waals surface area contributed by atoms with E-state index in [0.717, 1.165) is 22.3 Å². The molecular formula is C25H18O5. The second-order valence-electron chi connectivity index (χ2n) is 7.48. The van der Waals surface area contributed by atoms with E-state index in [4.69, 9.17) is 9.15 Å². The molecule has 5 rings (SSSR count). The summed E-state index contributed by atoms with van der Waals surface area (Å²) in [6.07, 6.45) is 0.167. The normalized spacial score (nSPS) is 15.6. The SMILES string of the molecule is Cc1cc2oc(=O)cc(-c3ccccc3)c2c2c1[C@H](c1cccc(O)c1)CC(=O)O2. The first-order chi connectivity index (χ1) is 14.5. The van der Waals surface area contributed by atoms with Crippen LogP contribution in [0.2, 0.25) is 0 Å². The molecule has 4 aromatic rings. The molecule has 1 aromatic heterocycles. The molecule has 2 heterocycles. The van der Waals surface area contributed by atoms with E-state index in [1.54, 1.807) is 18.2 Å². The van der Waals surface area contributed by atoms with Gasteiger partial charge in [0.15, 0.2) is 0 Å². The molecule has 0 fully saturated rings. The minimum atomic E-state index is -0.465. The van der Waals surface area contributed by atoms with E-state index in [1.165, 1.54) is 6.07 Å². The average molecular weight is 398 g/mol. The number of carbonyl (C=O) groups excluding carboxylic acids is 1. The first-order valence-corrected chi connectivity index (χ1v) is 9.67. The molecule has 1 aliphatic heterocycles. The minimum absolute atomic E-state index is 0.141. The van der Waals surface area contributed by atoms with Crippen molar-refractivity contribution in [3.8, 4) is 22.6 Å². The molecule has 0 bridgehead atoms. The Bertz CT molecular complexity index is 1350. The van der Waals surface area contributed by atoms with Gasteiger partial charge in [-0.05, 0) is 41.8 Å². The maximum atomic E-state index is 12.6. The number of esters is 1. The fraction of sp³-hybridized carbons (Fsp3) is 0.120. The molecule has 0 aliphatic carbocycles. The molecule has 0 radical (unpaired) electrons. The summed E-state index contributed by atoms with van der Waals surface area (Å²) in [5.41, 5.74) is 3.94. The van der Waals surface area contributed by atoms with Crippen LogP contribution in [0, 0.1) is 6.92 Å². The van der Waals surface area contributed by atoms with Gasteiger partial charge < -0.3 is 14.3 Å². The van der Waals surface area contributed by atoms with Gasteiger partial charge in [0.25, 0.3) is 0 Å². The first-order valence-electron chi connectivity index (χ1n) is 9.67. The van der Waals surface area contributed by atoms with E-state index >= 15 is 0 Å². The Hall–Kier alpha value is -3.86. The Balaban J connectivity index is 1.86. The van der Waals surface area contributed by atoms with Gasteiger partial charge in [-0.3, -0.25) is 4.79 Å². The zero-order chi connectivity index (χ0) is 20.8. The molecule has 1 N–H and O–H groups in total. The third-order valence-electron chi connectivity index (χ3n) is 5.53. The monoisotopic (exact) mass is 398 g/mol. The lowest BCUT2D eigenvalue weighted by atomic mass is 9.82. The van der Waals surface area contributed by atoms with Gasteiger partial charge in [-0.25, -0.2) is 4.79 Å². The van der Waals surface area contributed by atoms with Crippen LogP contribution in [0.3, 0.4) is 0 Å². The molecule has 5 nitrogen and oxygen atoms in total. The average Bonchev–Trinajstić information content (AvgIpc) is 2.73. The lowest BCUT2D eigenvalue weighted by Crippen LogP contribution is -2.22. The Morgan fingerprint density at radius 1 is 0.967 bits per heavy atom. The number of hydrogen-bond acceptors (Lipinski definition) is 5. The van der Waals surface area contributed by atoms with Crippen LogP contribution in [0.15, 0.2) is 75.9 Å². The second kappa shape index (κ2) is 6.88. The molecular weight excluding hydrogens is 380 g/mol. The molecule has 148 valence electrons. The number of aryl methyl sites for hydroxylation is 1. The summed E-state index contributed by atoms with van der Waals surface area (Å²) in [6.45, 7) is 1.91. The Morgan fingerprint density at radius 2 is 1.77 bits per heavy atom. The molecule has 1 atom stereocenters. The van der Waals surface area contributed by atoms with Gasteiger partial charge in [-0.15, -0.1) is 0 Å². The number of carbonyl (C=O) groups is 1. The van der Waals surface area contributed by atoms with E-state index < -0.39 is 5.63 Å². The minimum Gasteiger partial charge on any atom is -0.508 e. The van der Waals surface area contributed by atoms with E-state index in [0.29, 0.717) is 22.3 Å². The molecule has 30 heavy (non-hydrogen) atoms. The number of benzene rings is 3. The van der Waals surface area contributed by atoms with Crippen LogP contribution in [-0.2, 0) is 4.79 Å². The smallest absolute Gasteiger partial charge is 0.336 e. The van der Waals surface area contributed by atoms with Gasteiger partial charge in [0.1, 0.15) is 17.1 Å². The molecule has 1 aliphatic rings. The molecule has 0 saturated heterocycles. The van der Waals surface area contributed by atoms with Crippen LogP contribution >= 0.6 is 0 Å². The summed E-state index contributed by atoms with van der Waals surface area (Å²) in [4.78, 5) is 24.8. The van der Waals surface area contributed by atoms with Crippen molar-refractivity contribution in [1.82, 2.24) is 0 Å². The van der Waals surface area contributed by atoms with Crippen molar-refractivity contribution in [2.75, 3.05) is 0 Å². The van der Waals surface area contributed by atoms with Crippen molar-refractivity contribution >= 4 is 16.9 Å². The lowest BCUT2D eigenvalue weighted by molar-refractivity contribution is -0.135. The van der Waals surface area contributed by atoms with Gasteiger partial charge in [0, 0.05) is 23.1 Å². The number of aromatic hydroxyl groups is 1. The van der Waals surface area contributed by atoms with Gasteiger partial charge in [0.05, 0.1) is 11.8 Å². The highest BCUT2D eigenvalue weighted by atomic mass is 16.5. The van der Waals surface area contributed by atoms with Crippen LogP contribution in [0.25, 0.3) is 22.1 Å². The predicted molar refractivity (Wildman–Crippen MR) is 113 cm³/mol. The Kier molecular flexibility index (Phi) is 4.17. The Morgan fingerprint density at radius 3 is 2.53 bits per heavy atom. The van der Waals surface area contributed by atoms with Crippen LogP contribution in [0.4, 0.5) is 0 Å². The van der Waals surface area contributed by atoms with Crippen molar-refractivity contribution in [3.05, 3.63) is 93.8 Å². The van der Waals surface area contributed by atoms with Crippen molar-refractivity contribution in [1.29, 1.82) is 0 Å². The maximum Gasteiger partial charge on any atom is 0.336 e. The number of ether oxygens (including phenoxy) is 1. The van der Waals surface area contributed by atoms with Gasteiger partial charge >= 0.3 is 11.6 Å². The summed E-state index contributed by atoms with van der Waals surface area (Å²) < 4.78 is 11.2. The highest BCUT2D eigenvalue weighted by Gasteiger charge is 2.33. The van der Waals surface area contributed by atoms with Crippen molar-refractivity contribution in [2.45, 2.75) is 19.3 Å². The summed E-state index contributed by atoms with van der Waals surface area (Å²) >= 11 is 0.